The van der Waals surface area contributed by atoms with E-state index in [9.17, 15) is 9.90 Å². The lowest BCUT2D eigenvalue weighted by Gasteiger charge is -2.21. The average molecular weight is 299 g/mol. The number of hydrogen-bond donors (Lipinski definition) is 2. The van der Waals surface area contributed by atoms with Crippen LogP contribution in [-0.4, -0.2) is 34.0 Å². The summed E-state index contributed by atoms with van der Waals surface area (Å²) >= 11 is 0. The van der Waals surface area contributed by atoms with E-state index >= 15 is 0 Å². The second kappa shape index (κ2) is 8.26. The first kappa shape index (κ1) is 16.1. The predicted molar refractivity (Wildman–Crippen MR) is 86.2 cm³/mol. The van der Waals surface area contributed by atoms with Crippen LogP contribution >= 0.6 is 0 Å². The SMILES string of the molecule is CC(=O)Nc1ccc(CN(CCO)Cc2cccnc2)cc1. The summed E-state index contributed by atoms with van der Waals surface area (Å²) in [5.41, 5.74) is 3.04. The third kappa shape index (κ3) is 5.27. The van der Waals surface area contributed by atoms with Crippen LogP contribution in [0.5, 0.6) is 0 Å². The fraction of sp³-hybridized carbons (Fsp3) is 0.294. The zero-order valence-electron chi connectivity index (χ0n) is 12.7. The molecule has 0 atom stereocenters. The van der Waals surface area contributed by atoms with Crippen molar-refractivity contribution in [2.45, 2.75) is 20.0 Å². The van der Waals surface area contributed by atoms with Gasteiger partial charge in [-0.3, -0.25) is 14.7 Å². The number of amides is 1. The van der Waals surface area contributed by atoms with Crippen molar-refractivity contribution < 1.29 is 9.90 Å². The number of aliphatic hydroxyl groups excluding tert-OH is 1. The molecule has 2 N–H and O–H groups in total. The number of carbonyl (C=O) groups excluding carboxylic acids is 1. The normalized spacial score (nSPS) is 10.7. The fourth-order valence-electron chi connectivity index (χ4n) is 2.26. The molecule has 1 heterocycles. The molecule has 2 aromatic rings. The summed E-state index contributed by atoms with van der Waals surface area (Å²) in [6.45, 7) is 3.68. The Balaban J connectivity index is 1.99. The van der Waals surface area contributed by atoms with Gasteiger partial charge in [0.15, 0.2) is 0 Å². The van der Waals surface area contributed by atoms with Crippen LogP contribution in [0.1, 0.15) is 18.1 Å². The van der Waals surface area contributed by atoms with Crippen molar-refractivity contribution in [3.63, 3.8) is 0 Å². The largest absolute Gasteiger partial charge is 0.395 e. The lowest BCUT2D eigenvalue weighted by Crippen LogP contribution is -2.26. The van der Waals surface area contributed by atoms with E-state index in [1.54, 1.807) is 6.20 Å². The Morgan fingerprint density at radius 2 is 1.91 bits per heavy atom. The highest BCUT2D eigenvalue weighted by Gasteiger charge is 2.07. The number of benzene rings is 1. The Hall–Kier alpha value is -2.24. The van der Waals surface area contributed by atoms with Crippen LogP contribution in [0.25, 0.3) is 0 Å². The Morgan fingerprint density at radius 1 is 1.18 bits per heavy atom. The maximum atomic E-state index is 11.0. The molecule has 0 bridgehead atoms. The minimum Gasteiger partial charge on any atom is -0.395 e. The smallest absolute Gasteiger partial charge is 0.221 e. The summed E-state index contributed by atoms with van der Waals surface area (Å²) in [4.78, 5) is 17.3. The summed E-state index contributed by atoms with van der Waals surface area (Å²) in [7, 11) is 0. The molecule has 0 aliphatic rings. The second-order valence-electron chi connectivity index (χ2n) is 5.17. The van der Waals surface area contributed by atoms with Crippen molar-refractivity contribution in [2.75, 3.05) is 18.5 Å². The first-order chi connectivity index (χ1) is 10.7. The Kier molecular flexibility index (Phi) is 6.06. The molecule has 5 nitrogen and oxygen atoms in total. The predicted octanol–water partition coefficient (Wildman–Crippen LogP) is 2.03. The highest BCUT2D eigenvalue weighted by molar-refractivity contribution is 5.88. The van der Waals surface area contributed by atoms with Gasteiger partial charge in [-0.1, -0.05) is 18.2 Å². The summed E-state index contributed by atoms with van der Waals surface area (Å²) in [6, 6.07) is 11.7. The lowest BCUT2D eigenvalue weighted by atomic mass is 10.1. The van der Waals surface area contributed by atoms with Gasteiger partial charge in [0.2, 0.25) is 5.91 Å². The molecule has 1 amide bonds. The van der Waals surface area contributed by atoms with E-state index in [1.165, 1.54) is 6.92 Å². The topological polar surface area (TPSA) is 65.5 Å². The summed E-state index contributed by atoms with van der Waals surface area (Å²) in [5.74, 6) is -0.0776. The van der Waals surface area contributed by atoms with Crippen molar-refractivity contribution in [1.82, 2.24) is 9.88 Å². The van der Waals surface area contributed by atoms with Crippen molar-refractivity contribution in [1.29, 1.82) is 0 Å². The molecule has 1 aromatic heterocycles. The number of nitrogens with zero attached hydrogens (tertiary/aromatic N) is 2. The van der Waals surface area contributed by atoms with Gasteiger partial charge in [0.05, 0.1) is 6.61 Å². The van der Waals surface area contributed by atoms with Gasteiger partial charge in [0, 0.05) is 44.6 Å². The van der Waals surface area contributed by atoms with Gasteiger partial charge in [0.1, 0.15) is 0 Å². The molecule has 22 heavy (non-hydrogen) atoms. The molecule has 116 valence electrons. The third-order valence-corrected chi connectivity index (χ3v) is 3.23. The summed E-state index contributed by atoms with van der Waals surface area (Å²) in [6.07, 6.45) is 3.59. The van der Waals surface area contributed by atoms with Crippen LogP contribution in [0.2, 0.25) is 0 Å². The number of nitrogens with one attached hydrogen (secondary N) is 1. The van der Waals surface area contributed by atoms with E-state index < -0.39 is 0 Å². The number of hydrogen-bond acceptors (Lipinski definition) is 4. The van der Waals surface area contributed by atoms with Crippen LogP contribution in [-0.2, 0) is 17.9 Å². The molecule has 2 rings (SSSR count). The quantitative estimate of drug-likeness (QED) is 0.821. The van der Waals surface area contributed by atoms with E-state index in [2.05, 4.69) is 15.2 Å². The van der Waals surface area contributed by atoms with Gasteiger partial charge in [-0.15, -0.1) is 0 Å². The van der Waals surface area contributed by atoms with Crippen LogP contribution in [0, 0.1) is 0 Å². The molecule has 5 heteroatoms. The zero-order chi connectivity index (χ0) is 15.8. The zero-order valence-corrected chi connectivity index (χ0v) is 12.7. The first-order valence-electron chi connectivity index (χ1n) is 7.26. The standard InChI is InChI=1S/C17H21N3O2/c1-14(22)19-17-6-4-15(5-7-17)12-20(9-10-21)13-16-3-2-8-18-11-16/h2-8,11,21H,9-10,12-13H2,1H3,(H,19,22). The molecule has 0 unspecified atom stereocenters. The molecule has 0 aliphatic carbocycles. The maximum absolute atomic E-state index is 11.0. The van der Waals surface area contributed by atoms with Crippen LogP contribution < -0.4 is 5.32 Å². The van der Waals surface area contributed by atoms with E-state index in [4.69, 9.17) is 0 Å². The molecule has 0 radical (unpaired) electrons. The Bertz CT molecular complexity index is 585. The minimum atomic E-state index is -0.0776. The third-order valence-electron chi connectivity index (χ3n) is 3.23. The van der Waals surface area contributed by atoms with Crippen LogP contribution in [0.3, 0.4) is 0 Å². The number of pyridine rings is 1. The van der Waals surface area contributed by atoms with Gasteiger partial charge >= 0.3 is 0 Å². The van der Waals surface area contributed by atoms with E-state index in [1.807, 2.05) is 42.6 Å². The van der Waals surface area contributed by atoms with Crippen LogP contribution in [0.4, 0.5) is 5.69 Å². The highest BCUT2D eigenvalue weighted by atomic mass is 16.3. The van der Waals surface area contributed by atoms with Crippen LogP contribution in [0.15, 0.2) is 48.8 Å². The molecule has 0 saturated heterocycles. The average Bonchev–Trinajstić information content (AvgIpc) is 2.50. The highest BCUT2D eigenvalue weighted by Crippen LogP contribution is 2.13. The minimum absolute atomic E-state index is 0.0776. The van der Waals surface area contributed by atoms with Crippen molar-refractivity contribution in [2.24, 2.45) is 0 Å². The molecule has 0 aliphatic heterocycles. The van der Waals surface area contributed by atoms with Crippen molar-refractivity contribution in [3.8, 4) is 0 Å². The summed E-state index contributed by atoms with van der Waals surface area (Å²) < 4.78 is 0. The number of aliphatic hydroxyl groups is 1. The molecular weight excluding hydrogens is 278 g/mol. The Labute approximate surface area is 130 Å². The van der Waals surface area contributed by atoms with Gasteiger partial charge in [0.25, 0.3) is 0 Å². The van der Waals surface area contributed by atoms with Gasteiger partial charge in [-0.2, -0.15) is 0 Å². The molecule has 0 saturated carbocycles. The molecule has 0 spiro atoms. The van der Waals surface area contributed by atoms with Crippen molar-refractivity contribution in [3.05, 3.63) is 59.9 Å². The van der Waals surface area contributed by atoms with E-state index in [0.29, 0.717) is 6.54 Å². The number of carbonyl (C=O) groups is 1. The molecular formula is C17H21N3O2. The van der Waals surface area contributed by atoms with Crippen molar-refractivity contribution >= 4 is 11.6 Å². The van der Waals surface area contributed by atoms with Gasteiger partial charge in [-0.25, -0.2) is 0 Å². The van der Waals surface area contributed by atoms with E-state index in [-0.39, 0.29) is 12.5 Å². The van der Waals surface area contributed by atoms with Gasteiger partial charge in [-0.05, 0) is 29.3 Å². The number of rotatable bonds is 7. The molecule has 1 aromatic carbocycles. The lowest BCUT2D eigenvalue weighted by molar-refractivity contribution is -0.114. The van der Waals surface area contributed by atoms with E-state index in [0.717, 1.165) is 29.9 Å². The maximum Gasteiger partial charge on any atom is 0.221 e. The Morgan fingerprint density at radius 3 is 2.50 bits per heavy atom. The number of anilines is 1. The first-order valence-corrected chi connectivity index (χ1v) is 7.26. The van der Waals surface area contributed by atoms with Gasteiger partial charge < -0.3 is 10.4 Å². The second-order valence-corrected chi connectivity index (χ2v) is 5.17. The monoisotopic (exact) mass is 299 g/mol. The summed E-state index contributed by atoms with van der Waals surface area (Å²) in [5, 5.41) is 12.0. The number of aromatic nitrogens is 1. The fourth-order valence-corrected chi connectivity index (χ4v) is 2.26. The molecule has 0 fully saturated rings.